The van der Waals surface area contributed by atoms with Crippen LogP contribution >= 0.6 is 12.4 Å². The molecule has 0 bridgehead atoms. The maximum absolute atomic E-state index is 12.9. The zero-order valence-electron chi connectivity index (χ0n) is 12.5. The van der Waals surface area contributed by atoms with Gasteiger partial charge in [-0.25, -0.2) is 0 Å². The quantitative estimate of drug-likeness (QED) is 0.811. The van der Waals surface area contributed by atoms with Gasteiger partial charge in [0.05, 0.1) is 5.56 Å². The van der Waals surface area contributed by atoms with Gasteiger partial charge in [0.1, 0.15) is 0 Å². The molecule has 1 heterocycles. The summed E-state index contributed by atoms with van der Waals surface area (Å²) in [5, 5.41) is 3.36. The van der Waals surface area contributed by atoms with E-state index in [1.807, 2.05) is 24.3 Å². The van der Waals surface area contributed by atoms with Crippen LogP contribution < -0.4 is 5.32 Å². The van der Waals surface area contributed by atoms with Crippen molar-refractivity contribution in [2.75, 3.05) is 13.1 Å². The fourth-order valence-corrected chi connectivity index (χ4v) is 3.25. The molecule has 23 heavy (non-hydrogen) atoms. The molecule has 0 spiro atoms. The van der Waals surface area contributed by atoms with Crippen LogP contribution in [-0.4, -0.2) is 13.1 Å². The summed E-state index contributed by atoms with van der Waals surface area (Å²) in [5.41, 5.74) is 1.40. The smallest absolute Gasteiger partial charge is 0.316 e. The molecule has 0 aliphatic carbocycles. The van der Waals surface area contributed by atoms with E-state index in [0.717, 1.165) is 31.1 Å². The highest BCUT2D eigenvalue weighted by Crippen LogP contribution is 2.39. The minimum Gasteiger partial charge on any atom is -0.316 e. The summed E-state index contributed by atoms with van der Waals surface area (Å²) in [6, 6.07) is 15.8. The van der Waals surface area contributed by atoms with E-state index in [1.54, 1.807) is 0 Å². The molecule has 1 aliphatic heterocycles. The second kappa shape index (κ2) is 7.37. The predicted octanol–water partition coefficient (Wildman–Crippen LogP) is 4.99. The van der Waals surface area contributed by atoms with Crippen molar-refractivity contribution in [1.29, 1.82) is 0 Å². The van der Waals surface area contributed by atoms with Crippen molar-refractivity contribution in [3.05, 3.63) is 71.3 Å². The molecule has 1 aliphatic rings. The van der Waals surface area contributed by atoms with Crippen LogP contribution in [0.3, 0.4) is 0 Å². The van der Waals surface area contributed by atoms with Gasteiger partial charge in [0.2, 0.25) is 0 Å². The zero-order chi connectivity index (χ0) is 15.6. The lowest BCUT2D eigenvalue weighted by Gasteiger charge is -2.33. The molecule has 0 radical (unpaired) electrons. The van der Waals surface area contributed by atoms with Gasteiger partial charge >= 0.3 is 6.18 Å². The second-order valence-electron chi connectivity index (χ2n) is 5.74. The van der Waals surface area contributed by atoms with E-state index < -0.39 is 11.7 Å². The van der Waals surface area contributed by atoms with Gasteiger partial charge in [0, 0.05) is 12.5 Å². The Morgan fingerprint density at radius 1 is 0.870 bits per heavy atom. The monoisotopic (exact) mass is 341 g/mol. The molecule has 2 aromatic carbocycles. The first-order valence-electron chi connectivity index (χ1n) is 7.48. The Labute approximate surface area is 140 Å². The van der Waals surface area contributed by atoms with Gasteiger partial charge in [0.25, 0.3) is 0 Å². The fourth-order valence-electron chi connectivity index (χ4n) is 3.25. The fraction of sp³-hybridized carbons (Fsp3) is 0.333. The van der Waals surface area contributed by atoms with Gasteiger partial charge in [-0.1, -0.05) is 48.5 Å². The van der Waals surface area contributed by atoms with Crippen LogP contribution in [0.1, 0.15) is 34.9 Å². The molecular weight excluding hydrogens is 323 g/mol. The van der Waals surface area contributed by atoms with Gasteiger partial charge in [-0.2, -0.15) is 13.2 Å². The van der Waals surface area contributed by atoms with Crippen molar-refractivity contribution in [1.82, 2.24) is 5.32 Å². The first-order valence-corrected chi connectivity index (χ1v) is 7.48. The van der Waals surface area contributed by atoms with Crippen molar-refractivity contribution in [3.63, 3.8) is 0 Å². The third kappa shape index (κ3) is 4.06. The van der Waals surface area contributed by atoms with Crippen LogP contribution in [0.25, 0.3) is 0 Å². The topological polar surface area (TPSA) is 12.0 Å². The van der Waals surface area contributed by atoms with Gasteiger partial charge in [-0.15, -0.1) is 12.4 Å². The summed E-state index contributed by atoms with van der Waals surface area (Å²) in [7, 11) is 0. The maximum Gasteiger partial charge on any atom is 0.416 e. The second-order valence-corrected chi connectivity index (χ2v) is 5.74. The SMILES string of the molecule is Cl.FC(F)(F)c1cccc([C@H]2CCNC[C@H]2c2ccccc2)c1. The highest BCUT2D eigenvalue weighted by molar-refractivity contribution is 5.85. The van der Waals surface area contributed by atoms with E-state index in [1.165, 1.54) is 17.7 Å². The molecule has 1 fully saturated rings. The molecule has 124 valence electrons. The Morgan fingerprint density at radius 3 is 2.26 bits per heavy atom. The summed E-state index contributed by atoms with van der Waals surface area (Å²) in [4.78, 5) is 0. The van der Waals surface area contributed by atoms with Crippen molar-refractivity contribution >= 4 is 12.4 Å². The molecule has 2 aromatic rings. The van der Waals surface area contributed by atoms with Crippen LogP contribution in [0.2, 0.25) is 0 Å². The minimum atomic E-state index is -4.29. The number of rotatable bonds is 2. The van der Waals surface area contributed by atoms with Gasteiger partial charge < -0.3 is 5.32 Å². The highest BCUT2D eigenvalue weighted by atomic mass is 35.5. The summed E-state index contributed by atoms with van der Waals surface area (Å²) < 4.78 is 38.8. The number of piperidine rings is 1. The first kappa shape index (κ1) is 17.8. The molecule has 0 aromatic heterocycles. The molecular formula is C18H19ClF3N. The summed E-state index contributed by atoms with van der Waals surface area (Å²) in [5.74, 6) is 0.324. The number of hydrogen-bond donors (Lipinski definition) is 1. The van der Waals surface area contributed by atoms with E-state index in [4.69, 9.17) is 0 Å². The average Bonchev–Trinajstić information content (AvgIpc) is 2.55. The lowest BCUT2D eigenvalue weighted by atomic mass is 9.77. The van der Waals surface area contributed by atoms with Gasteiger partial charge in [-0.3, -0.25) is 0 Å². The van der Waals surface area contributed by atoms with Crippen molar-refractivity contribution < 1.29 is 13.2 Å². The van der Waals surface area contributed by atoms with E-state index >= 15 is 0 Å². The number of hydrogen-bond acceptors (Lipinski definition) is 1. The number of benzene rings is 2. The summed E-state index contributed by atoms with van der Waals surface area (Å²) >= 11 is 0. The van der Waals surface area contributed by atoms with Crippen LogP contribution in [0, 0.1) is 0 Å². The number of halogens is 4. The van der Waals surface area contributed by atoms with Crippen LogP contribution in [0.15, 0.2) is 54.6 Å². The predicted molar refractivity (Wildman–Crippen MR) is 88.1 cm³/mol. The Hall–Kier alpha value is -1.52. The summed E-state index contributed by atoms with van der Waals surface area (Å²) in [6.45, 7) is 1.63. The minimum absolute atomic E-state index is 0. The van der Waals surface area contributed by atoms with E-state index in [0.29, 0.717) is 0 Å². The Morgan fingerprint density at radius 2 is 1.57 bits per heavy atom. The summed E-state index contributed by atoms with van der Waals surface area (Å²) in [6.07, 6.45) is -3.44. The molecule has 1 saturated heterocycles. The van der Waals surface area contributed by atoms with Crippen molar-refractivity contribution in [2.24, 2.45) is 0 Å². The maximum atomic E-state index is 12.9. The van der Waals surface area contributed by atoms with Gasteiger partial charge in [0.15, 0.2) is 0 Å². The molecule has 0 amide bonds. The van der Waals surface area contributed by atoms with Crippen LogP contribution in [-0.2, 0) is 6.18 Å². The third-order valence-electron chi connectivity index (χ3n) is 4.35. The van der Waals surface area contributed by atoms with Crippen molar-refractivity contribution in [2.45, 2.75) is 24.4 Å². The highest BCUT2D eigenvalue weighted by Gasteiger charge is 2.33. The van der Waals surface area contributed by atoms with E-state index in [-0.39, 0.29) is 24.2 Å². The van der Waals surface area contributed by atoms with Gasteiger partial charge in [-0.05, 0) is 36.1 Å². The lowest BCUT2D eigenvalue weighted by Crippen LogP contribution is -2.34. The molecule has 1 nitrogen and oxygen atoms in total. The van der Waals surface area contributed by atoms with Crippen LogP contribution in [0.5, 0.6) is 0 Å². The third-order valence-corrected chi connectivity index (χ3v) is 4.35. The normalized spacial score (nSPS) is 21.5. The zero-order valence-corrected chi connectivity index (χ0v) is 13.3. The molecule has 5 heteroatoms. The Balaban J connectivity index is 0.00000192. The molecule has 0 unspecified atom stereocenters. The average molecular weight is 342 g/mol. The molecule has 2 atom stereocenters. The Bertz CT molecular complexity index is 628. The first-order chi connectivity index (χ1) is 10.6. The van der Waals surface area contributed by atoms with Crippen molar-refractivity contribution in [3.8, 4) is 0 Å². The Kier molecular flexibility index (Phi) is 5.71. The molecule has 0 saturated carbocycles. The molecule has 1 N–H and O–H groups in total. The van der Waals surface area contributed by atoms with E-state index in [2.05, 4.69) is 17.4 Å². The molecule has 3 rings (SSSR count). The van der Waals surface area contributed by atoms with Crippen LogP contribution in [0.4, 0.5) is 13.2 Å². The number of alkyl halides is 3. The lowest BCUT2D eigenvalue weighted by molar-refractivity contribution is -0.137. The van der Waals surface area contributed by atoms with E-state index in [9.17, 15) is 13.2 Å². The number of nitrogens with one attached hydrogen (secondary N) is 1. The standard InChI is InChI=1S/C18H18F3N.ClH/c19-18(20,21)15-8-4-7-14(11-15)16-9-10-22-12-17(16)13-5-2-1-3-6-13;/h1-8,11,16-17,22H,9-10,12H2;1H/t16-,17+;/m1./s1. The largest absolute Gasteiger partial charge is 0.416 e.